The van der Waals surface area contributed by atoms with Gasteiger partial charge < -0.3 is 15.0 Å². The molecule has 1 N–H and O–H groups in total. The summed E-state index contributed by atoms with van der Waals surface area (Å²) in [5, 5.41) is 3.35. The lowest BCUT2D eigenvalue weighted by molar-refractivity contribution is 0.281. The van der Waals surface area contributed by atoms with E-state index in [0.29, 0.717) is 0 Å². The summed E-state index contributed by atoms with van der Waals surface area (Å²) in [4.78, 5) is 2.16. The highest BCUT2D eigenvalue weighted by atomic mass is 16.5. The first kappa shape index (κ1) is 14.4. The number of hydrogen-bond acceptors (Lipinski definition) is 3. The Balaban J connectivity index is 1.81. The Morgan fingerprint density at radius 1 is 0.900 bits per heavy atom. The van der Waals surface area contributed by atoms with E-state index in [4.69, 9.17) is 4.74 Å². The Labute approximate surface area is 121 Å². The first-order valence-electron chi connectivity index (χ1n) is 6.94. The zero-order valence-corrected chi connectivity index (χ0v) is 12.2. The number of benzene rings is 2. The van der Waals surface area contributed by atoms with Gasteiger partial charge in [-0.3, -0.25) is 0 Å². The van der Waals surface area contributed by atoms with Crippen LogP contribution in [-0.4, -0.2) is 32.1 Å². The summed E-state index contributed by atoms with van der Waals surface area (Å²) in [6.07, 6.45) is 1.04. The highest BCUT2D eigenvalue weighted by molar-refractivity contribution is 5.59. The Kier molecular flexibility index (Phi) is 5.44. The normalized spacial score (nSPS) is 10.6. The lowest BCUT2D eigenvalue weighted by atomic mass is 10.2. The number of anilines is 2. The number of ether oxygens (including phenoxy) is 1. The number of rotatable bonds is 7. The molecule has 0 aromatic heterocycles. The van der Waals surface area contributed by atoms with Gasteiger partial charge in [0.05, 0.1) is 6.61 Å². The third-order valence-corrected chi connectivity index (χ3v) is 2.94. The van der Waals surface area contributed by atoms with Gasteiger partial charge in [0.1, 0.15) is 5.75 Å². The van der Waals surface area contributed by atoms with Crippen LogP contribution < -0.4 is 10.1 Å². The molecule has 20 heavy (non-hydrogen) atoms. The van der Waals surface area contributed by atoms with Crippen LogP contribution in [0.2, 0.25) is 0 Å². The molecule has 0 heterocycles. The van der Waals surface area contributed by atoms with E-state index < -0.39 is 0 Å². The maximum atomic E-state index is 5.71. The summed E-state index contributed by atoms with van der Waals surface area (Å²) in [6, 6.07) is 18.2. The highest BCUT2D eigenvalue weighted by Crippen LogP contribution is 2.19. The zero-order valence-electron chi connectivity index (χ0n) is 12.2. The molecule has 0 aliphatic carbocycles. The smallest absolute Gasteiger partial charge is 0.119 e. The highest BCUT2D eigenvalue weighted by Gasteiger charge is 1.97. The summed E-state index contributed by atoms with van der Waals surface area (Å²) < 4.78 is 5.71. The van der Waals surface area contributed by atoms with Crippen molar-refractivity contribution in [2.75, 3.05) is 32.6 Å². The average molecular weight is 270 g/mol. The van der Waals surface area contributed by atoms with Crippen LogP contribution in [0.15, 0.2) is 54.6 Å². The van der Waals surface area contributed by atoms with Crippen LogP contribution in [0.5, 0.6) is 5.75 Å². The van der Waals surface area contributed by atoms with Crippen molar-refractivity contribution >= 4 is 11.4 Å². The Hall–Kier alpha value is -2.00. The lowest BCUT2D eigenvalue weighted by Gasteiger charge is -2.11. The van der Waals surface area contributed by atoms with Gasteiger partial charge in [-0.2, -0.15) is 0 Å². The molecule has 3 heteroatoms. The van der Waals surface area contributed by atoms with Crippen molar-refractivity contribution in [3.8, 4) is 5.75 Å². The van der Waals surface area contributed by atoms with E-state index in [-0.39, 0.29) is 0 Å². The van der Waals surface area contributed by atoms with Crippen LogP contribution in [0.25, 0.3) is 0 Å². The lowest BCUT2D eigenvalue weighted by Crippen LogP contribution is -2.15. The van der Waals surface area contributed by atoms with Crippen LogP contribution in [0.3, 0.4) is 0 Å². The molecule has 0 bridgehead atoms. The van der Waals surface area contributed by atoms with Crippen molar-refractivity contribution in [3.05, 3.63) is 54.6 Å². The second kappa shape index (κ2) is 7.56. The number of nitrogens with one attached hydrogen (secondary N) is 1. The van der Waals surface area contributed by atoms with Crippen molar-refractivity contribution in [3.63, 3.8) is 0 Å². The van der Waals surface area contributed by atoms with Crippen LogP contribution in [0, 0.1) is 0 Å². The van der Waals surface area contributed by atoms with E-state index in [9.17, 15) is 0 Å². The van der Waals surface area contributed by atoms with E-state index in [1.165, 1.54) is 0 Å². The van der Waals surface area contributed by atoms with E-state index in [1.807, 2.05) is 54.6 Å². The van der Waals surface area contributed by atoms with E-state index in [0.717, 1.165) is 36.7 Å². The van der Waals surface area contributed by atoms with Gasteiger partial charge >= 0.3 is 0 Å². The summed E-state index contributed by atoms with van der Waals surface area (Å²) in [7, 11) is 4.15. The predicted octanol–water partition coefficient (Wildman–Crippen LogP) is 3.76. The molecule has 2 aromatic rings. The van der Waals surface area contributed by atoms with E-state index in [2.05, 4.69) is 24.3 Å². The average Bonchev–Trinajstić information content (AvgIpc) is 2.46. The van der Waals surface area contributed by atoms with Gasteiger partial charge in [0, 0.05) is 17.9 Å². The van der Waals surface area contributed by atoms with Gasteiger partial charge in [-0.05, 0) is 56.9 Å². The third-order valence-electron chi connectivity index (χ3n) is 2.94. The first-order chi connectivity index (χ1) is 9.74. The maximum absolute atomic E-state index is 5.71. The molecule has 0 amide bonds. The molecule has 2 aromatic carbocycles. The maximum Gasteiger partial charge on any atom is 0.119 e. The van der Waals surface area contributed by atoms with Gasteiger partial charge in [-0.15, -0.1) is 0 Å². The molecule has 0 fully saturated rings. The van der Waals surface area contributed by atoms with Crippen LogP contribution in [-0.2, 0) is 0 Å². The van der Waals surface area contributed by atoms with Crippen LogP contribution >= 0.6 is 0 Å². The Bertz CT molecular complexity index is 494. The Morgan fingerprint density at radius 2 is 1.55 bits per heavy atom. The summed E-state index contributed by atoms with van der Waals surface area (Å²) in [5.74, 6) is 0.919. The molecule has 0 unspecified atom stereocenters. The van der Waals surface area contributed by atoms with Crippen LogP contribution in [0.4, 0.5) is 11.4 Å². The monoisotopic (exact) mass is 270 g/mol. The first-order valence-corrected chi connectivity index (χ1v) is 6.94. The largest absolute Gasteiger partial charge is 0.494 e. The quantitative estimate of drug-likeness (QED) is 0.775. The Morgan fingerprint density at radius 3 is 2.20 bits per heavy atom. The number of hydrogen-bond donors (Lipinski definition) is 1. The SMILES string of the molecule is CN(C)CCCOc1ccc(Nc2ccccc2)cc1. The van der Waals surface area contributed by atoms with E-state index in [1.54, 1.807) is 0 Å². The molecule has 3 nitrogen and oxygen atoms in total. The van der Waals surface area contributed by atoms with E-state index >= 15 is 0 Å². The topological polar surface area (TPSA) is 24.5 Å². The summed E-state index contributed by atoms with van der Waals surface area (Å²) in [5.41, 5.74) is 2.16. The minimum Gasteiger partial charge on any atom is -0.494 e. The van der Waals surface area contributed by atoms with Crippen LogP contribution in [0.1, 0.15) is 6.42 Å². The van der Waals surface area contributed by atoms with Crippen molar-refractivity contribution in [2.24, 2.45) is 0 Å². The van der Waals surface area contributed by atoms with Crippen molar-refractivity contribution < 1.29 is 4.74 Å². The van der Waals surface area contributed by atoms with Crippen molar-refractivity contribution in [1.82, 2.24) is 4.90 Å². The minimum atomic E-state index is 0.754. The standard InChI is InChI=1S/C17H22N2O/c1-19(2)13-6-14-20-17-11-9-16(10-12-17)18-15-7-4-3-5-8-15/h3-5,7-12,18H,6,13-14H2,1-2H3. The molecule has 0 aliphatic rings. The molecule has 106 valence electrons. The molecular weight excluding hydrogens is 248 g/mol. The molecule has 0 saturated carbocycles. The molecule has 0 radical (unpaired) electrons. The molecule has 2 rings (SSSR count). The molecule has 0 saturated heterocycles. The molecule has 0 atom stereocenters. The summed E-state index contributed by atoms with van der Waals surface area (Å²) in [6.45, 7) is 1.80. The predicted molar refractivity (Wildman–Crippen MR) is 84.8 cm³/mol. The van der Waals surface area contributed by atoms with Gasteiger partial charge in [-0.1, -0.05) is 18.2 Å². The third kappa shape index (κ3) is 4.94. The molecular formula is C17H22N2O. The van der Waals surface area contributed by atoms with Gasteiger partial charge in [0.25, 0.3) is 0 Å². The fraction of sp³-hybridized carbons (Fsp3) is 0.294. The van der Waals surface area contributed by atoms with Crippen molar-refractivity contribution in [1.29, 1.82) is 0 Å². The summed E-state index contributed by atoms with van der Waals surface area (Å²) >= 11 is 0. The fourth-order valence-electron chi connectivity index (χ4n) is 1.89. The second-order valence-corrected chi connectivity index (χ2v) is 5.02. The zero-order chi connectivity index (χ0) is 14.2. The number of para-hydroxylation sites is 1. The van der Waals surface area contributed by atoms with Gasteiger partial charge in [0.15, 0.2) is 0 Å². The molecule has 0 spiro atoms. The van der Waals surface area contributed by atoms with Gasteiger partial charge in [0.2, 0.25) is 0 Å². The van der Waals surface area contributed by atoms with Crippen molar-refractivity contribution in [2.45, 2.75) is 6.42 Å². The molecule has 0 aliphatic heterocycles. The minimum absolute atomic E-state index is 0.754. The second-order valence-electron chi connectivity index (χ2n) is 5.02. The van der Waals surface area contributed by atoms with Gasteiger partial charge in [-0.25, -0.2) is 0 Å². The number of nitrogens with zero attached hydrogens (tertiary/aromatic N) is 1. The fourth-order valence-corrected chi connectivity index (χ4v) is 1.89.